The van der Waals surface area contributed by atoms with Crippen LogP contribution in [0.25, 0.3) is 0 Å². The summed E-state index contributed by atoms with van der Waals surface area (Å²) in [5.41, 5.74) is 0. The Balaban J connectivity index is 3.48. The normalized spacial score (nSPS) is 13.7. The van der Waals surface area contributed by atoms with Gasteiger partial charge in [0.15, 0.2) is 0 Å². The van der Waals surface area contributed by atoms with Crippen LogP contribution in [0, 0.1) is 5.92 Å². The molecular formula is C13H30N2O. The molecule has 0 aromatic carbocycles. The van der Waals surface area contributed by atoms with Gasteiger partial charge in [-0.05, 0) is 25.8 Å². The molecule has 98 valence electrons. The van der Waals surface area contributed by atoms with Crippen LogP contribution in [0.3, 0.4) is 0 Å². The van der Waals surface area contributed by atoms with Gasteiger partial charge in [0.05, 0.1) is 0 Å². The van der Waals surface area contributed by atoms with Crippen LogP contribution in [-0.2, 0) is 4.74 Å². The molecule has 0 aliphatic heterocycles. The summed E-state index contributed by atoms with van der Waals surface area (Å²) >= 11 is 0. The van der Waals surface area contributed by atoms with Crippen molar-refractivity contribution in [3.8, 4) is 0 Å². The van der Waals surface area contributed by atoms with Crippen LogP contribution in [0.4, 0.5) is 0 Å². The third-order valence-electron chi connectivity index (χ3n) is 3.03. The van der Waals surface area contributed by atoms with Crippen LogP contribution in [0.15, 0.2) is 0 Å². The first-order valence-corrected chi connectivity index (χ1v) is 6.52. The van der Waals surface area contributed by atoms with Crippen molar-refractivity contribution >= 4 is 0 Å². The Labute approximate surface area is 102 Å². The molecule has 0 spiro atoms. The number of hydrogen-bond acceptors (Lipinski definition) is 3. The van der Waals surface area contributed by atoms with E-state index < -0.39 is 0 Å². The first kappa shape index (κ1) is 15.9. The van der Waals surface area contributed by atoms with Gasteiger partial charge < -0.3 is 15.0 Å². The molecule has 0 aliphatic carbocycles. The molecule has 1 atom stereocenters. The van der Waals surface area contributed by atoms with Crippen LogP contribution in [0.2, 0.25) is 0 Å². The monoisotopic (exact) mass is 230 g/mol. The third-order valence-corrected chi connectivity index (χ3v) is 3.03. The van der Waals surface area contributed by atoms with Gasteiger partial charge in [0.2, 0.25) is 0 Å². The van der Waals surface area contributed by atoms with Crippen molar-refractivity contribution < 1.29 is 4.74 Å². The van der Waals surface area contributed by atoms with E-state index in [0.29, 0.717) is 6.04 Å². The van der Waals surface area contributed by atoms with E-state index in [2.05, 4.69) is 38.0 Å². The Hall–Kier alpha value is -0.120. The number of hydrogen-bond donors (Lipinski definition) is 1. The van der Waals surface area contributed by atoms with Gasteiger partial charge in [-0.2, -0.15) is 0 Å². The average molecular weight is 230 g/mol. The fraction of sp³-hybridized carbons (Fsp3) is 1.00. The summed E-state index contributed by atoms with van der Waals surface area (Å²) in [6.07, 6.45) is 2.33. The van der Waals surface area contributed by atoms with Crippen molar-refractivity contribution in [1.82, 2.24) is 10.2 Å². The van der Waals surface area contributed by atoms with Gasteiger partial charge in [-0.15, -0.1) is 0 Å². The third kappa shape index (κ3) is 8.08. The maximum Gasteiger partial charge on any atom is 0.0474 e. The molecule has 3 nitrogen and oxygen atoms in total. The van der Waals surface area contributed by atoms with Crippen LogP contribution in [-0.4, -0.2) is 51.3 Å². The Morgan fingerprint density at radius 1 is 1.25 bits per heavy atom. The summed E-state index contributed by atoms with van der Waals surface area (Å²) in [4.78, 5) is 2.36. The van der Waals surface area contributed by atoms with Gasteiger partial charge in [-0.25, -0.2) is 0 Å². The Morgan fingerprint density at radius 3 is 2.44 bits per heavy atom. The SMILES string of the molecule is CCC(NCCN(C)CCCOC)C(C)C. The van der Waals surface area contributed by atoms with Crippen molar-refractivity contribution in [2.45, 2.75) is 39.7 Å². The lowest BCUT2D eigenvalue weighted by Crippen LogP contribution is -2.38. The van der Waals surface area contributed by atoms with E-state index in [1.807, 2.05) is 0 Å². The maximum atomic E-state index is 5.04. The van der Waals surface area contributed by atoms with Crippen LogP contribution >= 0.6 is 0 Å². The van der Waals surface area contributed by atoms with Crippen LogP contribution in [0.5, 0.6) is 0 Å². The zero-order valence-electron chi connectivity index (χ0n) is 11.8. The molecular weight excluding hydrogens is 200 g/mol. The van der Waals surface area contributed by atoms with E-state index >= 15 is 0 Å². The molecule has 0 heterocycles. The average Bonchev–Trinajstić information content (AvgIpc) is 2.24. The molecule has 3 heteroatoms. The molecule has 0 fully saturated rings. The second-order valence-electron chi connectivity index (χ2n) is 4.86. The van der Waals surface area contributed by atoms with E-state index in [1.54, 1.807) is 7.11 Å². The number of nitrogens with one attached hydrogen (secondary N) is 1. The fourth-order valence-corrected chi connectivity index (χ4v) is 1.88. The minimum atomic E-state index is 0.660. The molecule has 0 radical (unpaired) electrons. The molecule has 0 rings (SSSR count). The molecule has 0 bridgehead atoms. The molecule has 0 aromatic rings. The van der Waals surface area contributed by atoms with Gasteiger partial charge in [-0.3, -0.25) is 0 Å². The number of methoxy groups -OCH3 is 1. The van der Waals surface area contributed by atoms with Crippen LogP contribution in [0.1, 0.15) is 33.6 Å². The number of rotatable bonds is 10. The zero-order chi connectivity index (χ0) is 12.4. The number of nitrogens with zero attached hydrogens (tertiary/aromatic N) is 1. The van der Waals surface area contributed by atoms with E-state index in [1.165, 1.54) is 6.42 Å². The highest BCUT2D eigenvalue weighted by atomic mass is 16.5. The molecule has 0 saturated carbocycles. The van der Waals surface area contributed by atoms with Gasteiger partial charge in [0.25, 0.3) is 0 Å². The minimum Gasteiger partial charge on any atom is -0.385 e. The lowest BCUT2D eigenvalue weighted by Gasteiger charge is -2.23. The minimum absolute atomic E-state index is 0.660. The quantitative estimate of drug-likeness (QED) is 0.581. The zero-order valence-corrected chi connectivity index (χ0v) is 11.8. The van der Waals surface area contributed by atoms with E-state index in [4.69, 9.17) is 4.74 Å². The highest BCUT2D eigenvalue weighted by molar-refractivity contribution is 4.69. The molecule has 0 saturated heterocycles. The molecule has 1 unspecified atom stereocenters. The summed E-state index contributed by atoms with van der Waals surface area (Å²) in [5, 5.41) is 3.62. The second-order valence-corrected chi connectivity index (χ2v) is 4.86. The molecule has 0 amide bonds. The molecule has 0 aromatic heterocycles. The van der Waals surface area contributed by atoms with Crippen molar-refractivity contribution in [3.63, 3.8) is 0 Å². The van der Waals surface area contributed by atoms with E-state index in [9.17, 15) is 0 Å². The largest absolute Gasteiger partial charge is 0.385 e. The molecule has 1 N–H and O–H groups in total. The lowest BCUT2D eigenvalue weighted by atomic mass is 10.0. The van der Waals surface area contributed by atoms with Gasteiger partial charge in [0, 0.05) is 39.4 Å². The van der Waals surface area contributed by atoms with E-state index in [-0.39, 0.29) is 0 Å². The van der Waals surface area contributed by atoms with Gasteiger partial charge in [-0.1, -0.05) is 20.8 Å². The Morgan fingerprint density at radius 2 is 1.94 bits per heavy atom. The summed E-state index contributed by atoms with van der Waals surface area (Å²) in [5.74, 6) is 0.726. The van der Waals surface area contributed by atoms with Gasteiger partial charge in [0.1, 0.15) is 0 Å². The Kier molecular flexibility index (Phi) is 9.99. The van der Waals surface area contributed by atoms with Crippen molar-refractivity contribution in [3.05, 3.63) is 0 Å². The molecule has 0 aliphatic rings. The smallest absolute Gasteiger partial charge is 0.0474 e. The highest BCUT2D eigenvalue weighted by Gasteiger charge is 2.09. The van der Waals surface area contributed by atoms with Crippen molar-refractivity contribution in [2.75, 3.05) is 40.4 Å². The first-order valence-electron chi connectivity index (χ1n) is 6.52. The highest BCUT2D eigenvalue weighted by Crippen LogP contribution is 2.04. The first-order chi connectivity index (χ1) is 7.61. The predicted molar refractivity (Wildman–Crippen MR) is 70.9 cm³/mol. The summed E-state index contributed by atoms with van der Waals surface area (Å²) in [6.45, 7) is 11.0. The van der Waals surface area contributed by atoms with Crippen molar-refractivity contribution in [1.29, 1.82) is 0 Å². The number of likely N-dealkylation sites (N-methyl/N-ethyl adjacent to an activating group) is 1. The molecule has 16 heavy (non-hydrogen) atoms. The summed E-state index contributed by atoms with van der Waals surface area (Å²) in [7, 11) is 3.93. The summed E-state index contributed by atoms with van der Waals surface area (Å²) < 4.78 is 5.04. The standard InChI is InChI=1S/C13H30N2O/c1-6-13(12(2)3)14-8-10-15(4)9-7-11-16-5/h12-14H,6-11H2,1-5H3. The fourth-order valence-electron chi connectivity index (χ4n) is 1.88. The van der Waals surface area contributed by atoms with Crippen LogP contribution < -0.4 is 5.32 Å². The predicted octanol–water partition coefficient (Wildman–Crippen LogP) is 1.98. The van der Waals surface area contributed by atoms with Gasteiger partial charge >= 0.3 is 0 Å². The second kappa shape index (κ2) is 10.1. The topological polar surface area (TPSA) is 24.5 Å². The summed E-state index contributed by atoms with van der Waals surface area (Å²) in [6, 6.07) is 0.660. The Bertz CT molecular complexity index is 151. The maximum absolute atomic E-state index is 5.04. The lowest BCUT2D eigenvalue weighted by molar-refractivity contribution is 0.179. The van der Waals surface area contributed by atoms with Crippen molar-refractivity contribution in [2.24, 2.45) is 5.92 Å². The van der Waals surface area contributed by atoms with E-state index in [0.717, 1.165) is 38.6 Å². The number of ether oxygens (including phenoxy) is 1.